The average molecular weight is 392 g/mol. The number of aryl methyl sites for hydroxylation is 1. The molecule has 1 aliphatic rings. The number of nitrogens with zero attached hydrogens (tertiary/aromatic N) is 2. The highest BCUT2D eigenvalue weighted by Gasteiger charge is 2.41. The van der Waals surface area contributed by atoms with Crippen LogP contribution in [-0.2, 0) is 20.7 Å². The maximum absolute atomic E-state index is 12.6. The van der Waals surface area contributed by atoms with Crippen LogP contribution >= 0.6 is 11.6 Å². The third kappa shape index (κ3) is 3.99. The number of carboxylic acid groups (broad SMARTS) is 1. The molecule has 1 aliphatic heterocycles. The summed E-state index contributed by atoms with van der Waals surface area (Å²) in [6, 6.07) is 7.27. The minimum atomic E-state index is -1.26. The summed E-state index contributed by atoms with van der Waals surface area (Å²) in [6.07, 6.45) is 0.591. The Morgan fingerprint density at radius 1 is 1.26 bits per heavy atom. The van der Waals surface area contributed by atoms with E-state index < -0.39 is 11.5 Å². The first-order chi connectivity index (χ1) is 12.8. The van der Waals surface area contributed by atoms with Crippen molar-refractivity contribution >= 4 is 23.5 Å². The Kier molecular flexibility index (Phi) is 5.53. The molecule has 0 saturated carbocycles. The summed E-state index contributed by atoms with van der Waals surface area (Å²) in [6.45, 7) is 4.36. The molecule has 2 heterocycles. The quantitative estimate of drug-likeness (QED) is 0.816. The van der Waals surface area contributed by atoms with Crippen LogP contribution in [0.15, 0.2) is 24.3 Å². The maximum Gasteiger partial charge on any atom is 0.329 e. The molecule has 3 rings (SSSR count). The largest absolute Gasteiger partial charge is 0.480 e. The Morgan fingerprint density at radius 3 is 2.48 bits per heavy atom. The van der Waals surface area contributed by atoms with Crippen molar-refractivity contribution in [1.29, 1.82) is 0 Å². The van der Waals surface area contributed by atoms with E-state index in [1.54, 1.807) is 16.8 Å². The first kappa shape index (κ1) is 19.4. The van der Waals surface area contributed by atoms with Crippen LogP contribution in [0.4, 0.5) is 0 Å². The Bertz CT molecular complexity index is 855. The summed E-state index contributed by atoms with van der Waals surface area (Å²) in [5.41, 5.74) is 1.94. The van der Waals surface area contributed by atoms with E-state index in [1.807, 2.05) is 26.0 Å². The third-order valence-electron chi connectivity index (χ3n) is 4.98. The highest BCUT2D eigenvalue weighted by Crippen LogP contribution is 2.23. The first-order valence-corrected chi connectivity index (χ1v) is 9.13. The average Bonchev–Trinajstić information content (AvgIpc) is 2.91. The number of ether oxygens (including phenoxy) is 1. The number of carbonyl (C=O) groups excluding carboxylic acids is 1. The van der Waals surface area contributed by atoms with Crippen molar-refractivity contribution in [3.05, 3.63) is 46.2 Å². The number of nitrogens with one attached hydrogen (secondary N) is 1. The topological polar surface area (TPSA) is 93.5 Å². The lowest BCUT2D eigenvalue weighted by molar-refractivity contribution is -0.152. The predicted octanol–water partition coefficient (Wildman–Crippen LogP) is 2.44. The summed E-state index contributed by atoms with van der Waals surface area (Å²) in [4.78, 5) is 24.3. The van der Waals surface area contributed by atoms with E-state index in [0.29, 0.717) is 18.2 Å². The summed E-state index contributed by atoms with van der Waals surface area (Å²) in [5.74, 6) is -1.36. The number of halogens is 1. The molecule has 144 valence electrons. The maximum atomic E-state index is 12.6. The van der Waals surface area contributed by atoms with Gasteiger partial charge in [0.05, 0.1) is 17.8 Å². The summed E-state index contributed by atoms with van der Waals surface area (Å²) >= 11 is 5.94. The number of amides is 1. The summed E-state index contributed by atoms with van der Waals surface area (Å²) < 4.78 is 7.00. The minimum absolute atomic E-state index is 0.0706. The molecule has 1 fully saturated rings. The van der Waals surface area contributed by atoms with Gasteiger partial charge in [-0.3, -0.25) is 4.79 Å². The van der Waals surface area contributed by atoms with Crippen LogP contribution < -0.4 is 5.32 Å². The van der Waals surface area contributed by atoms with Crippen molar-refractivity contribution in [1.82, 2.24) is 15.1 Å². The zero-order chi connectivity index (χ0) is 19.6. The number of benzene rings is 1. The monoisotopic (exact) mass is 391 g/mol. The standard InChI is InChI=1S/C19H22ClN3O4/c1-12-16(13(2)23(22-12)15-5-3-14(20)4-6-15)11-17(24)21-19(18(25)26)7-9-27-10-8-19/h3-6H,7-11H2,1-2H3,(H,21,24)(H,25,26). The third-order valence-corrected chi connectivity index (χ3v) is 5.24. The number of carbonyl (C=O) groups is 2. The molecule has 27 heavy (non-hydrogen) atoms. The lowest BCUT2D eigenvalue weighted by atomic mass is 9.89. The molecule has 2 aromatic rings. The molecule has 1 aromatic carbocycles. The molecule has 0 bridgehead atoms. The van der Waals surface area contributed by atoms with Gasteiger partial charge in [0.25, 0.3) is 0 Å². The second kappa shape index (κ2) is 7.70. The van der Waals surface area contributed by atoms with Gasteiger partial charge in [-0.2, -0.15) is 5.10 Å². The fourth-order valence-electron chi connectivity index (χ4n) is 3.35. The van der Waals surface area contributed by atoms with Gasteiger partial charge in [-0.05, 0) is 38.1 Å². The van der Waals surface area contributed by atoms with E-state index in [1.165, 1.54) is 0 Å². The molecule has 2 N–H and O–H groups in total. The smallest absolute Gasteiger partial charge is 0.329 e. The van der Waals surface area contributed by atoms with Crippen LogP contribution in [0.5, 0.6) is 0 Å². The normalized spacial score (nSPS) is 16.1. The van der Waals surface area contributed by atoms with Gasteiger partial charge in [-0.1, -0.05) is 11.6 Å². The van der Waals surface area contributed by atoms with E-state index in [2.05, 4.69) is 10.4 Å². The molecule has 0 unspecified atom stereocenters. The fourth-order valence-corrected chi connectivity index (χ4v) is 3.47. The van der Waals surface area contributed by atoms with E-state index in [-0.39, 0.29) is 25.2 Å². The van der Waals surface area contributed by atoms with Crippen molar-refractivity contribution in [2.75, 3.05) is 13.2 Å². The molecular formula is C19H22ClN3O4. The van der Waals surface area contributed by atoms with Crippen molar-refractivity contribution in [2.24, 2.45) is 0 Å². The number of aromatic nitrogens is 2. The zero-order valence-electron chi connectivity index (χ0n) is 15.3. The highest BCUT2D eigenvalue weighted by atomic mass is 35.5. The lowest BCUT2D eigenvalue weighted by Crippen LogP contribution is -2.57. The van der Waals surface area contributed by atoms with Gasteiger partial charge in [-0.15, -0.1) is 0 Å². The molecule has 1 amide bonds. The molecule has 1 aromatic heterocycles. The minimum Gasteiger partial charge on any atom is -0.480 e. The van der Waals surface area contributed by atoms with Crippen molar-refractivity contribution in [2.45, 2.75) is 38.6 Å². The second-order valence-electron chi connectivity index (χ2n) is 6.76. The van der Waals surface area contributed by atoms with Gasteiger partial charge in [0.2, 0.25) is 5.91 Å². The number of aliphatic carboxylic acids is 1. The Morgan fingerprint density at radius 2 is 1.89 bits per heavy atom. The number of hydrogen-bond donors (Lipinski definition) is 2. The fraction of sp³-hybridized carbons (Fsp3) is 0.421. The van der Waals surface area contributed by atoms with E-state index in [4.69, 9.17) is 16.3 Å². The first-order valence-electron chi connectivity index (χ1n) is 8.75. The van der Waals surface area contributed by atoms with Crippen LogP contribution in [0.2, 0.25) is 5.02 Å². The van der Waals surface area contributed by atoms with Crippen LogP contribution in [0.1, 0.15) is 29.8 Å². The van der Waals surface area contributed by atoms with Crippen molar-refractivity contribution < 1.29 is 19.4 Å². The highest BCUT2D eigenvalue weighted by molar-refractivity contribution is 6.30. The van der Waals surface area contributed by atoms with Gasteiger partial charge >= 0.3 is 5.97 Å². The molecule has 7 nitrogen and oxygen atoms in total. The molecule has 1 saturated heterocycles. The van der Waals surface area contributed by atoms with Crippen LogP contribution in [0.3, 0.4) is 0 Å². The Hall–Kier alpha value is -2.38. The zero-order valence-corrected chi connectivity index (χ0v) is 16.0. The predicted molar refractivity (Wildman–Crippen MR) is 100 cm³/mol. The molecule has 0 radical (unpaired) electrons. The number of rotatable bonds is 5. The number of hydrogen-bond acceptors (Lipinski definition) is 4. The second-order valence-corrected chi connectivity index (χ2v) is 7.20. The Labute approximate surface area is 162 Å². The van der Waals surface area contributed by atoms with Gasteiger partial charge in [0, 0.05) is 42.3 Å². The summed E-state index contributed by atoms with van der Waals surface area (Å²) in [7, 11) is 0. The molecule has 0 atom stereocenters. The van der Waals surface area contributed by atoms with Gasteiger partial charge in [0.1, 0.15) is 5.54 Å². The van der Waals surface area contributed by atoms with E-state index >= 15 is 0 Å². The van der Waals surface area contributed by atoms with E-state index in [9.17, 15) is 14.7 Å². The van der Waals surface area contributed by atoms with Crippen molar-refractivity contribution in [3.8, 4) is 5.69 Å². The van der Waals surface area contributed by atoms with Crippen LogP contribution in [0.25, 0.3) is 5.69 Å². The van der Waals surface area contributed by atoms with E-state index in [0.717, 1.165) is 22.6 Å². The van der Waals surface area contributed by atoms with Crippen LogP contribution in [0, 0.1) is 13.8 Å². The molecule has 0 aliphatic carbocycles. The summed E-state index contributed by atoms with van der Waals surface area (Å²) in [5, 5.41) is 17.5. The van der Waals surface area contributed by atoms with Crippen molar-refractivity contribution in [3.63, 3.8) is 0 Å². The lowest BCUT2D eigenvalue weighted by Gasteiger charge is -2.33. The molecule has 8 heteroatoms. The van der Waals surface area contributed by atoms with Gasteiger partial charge in [-0.25, -0.2) is 9.48 Å². The van der Waals surface area contributed by atoms with Crippen LogP contribution in [-0.4, -0.2) is 45.5 Å². The Balaban J connectivity index is 1.80. The SMILES string of the molecule is Cc1nn(-c2ccc(Cl)cc2)c(C)c1CC(=O)NC1(C(=O)O)CCOCC1. The molecular weight excluding hydrogens is 370 g/mol. The molecule has 0 spiro atoms. The van der Waals surface area contributed by atoms with Gasteiger partial charge < -0.3 is 15.2 Å². The number of carboxylic acids is 1. The van der Waals surface area contributed by atoms with Gasteiger partial charge in [0.15, 0.2) is 0 Å².